The van der Waals surface area contributed by atoms with Gasteiger partial charge in [0.15, 0.2) is 0 Å². The first-order valence-electron chi connectivity index (χ1n) is 6.76. The van der Waals surface area contributed by atoms with Crippen molar-refractivity contribution in [2.45, 2.75) is 59.3 Å². The van der Waals surface area contributed by atoms with Crippen LogP contribution in [0.3, 0.4) is 0 Å². The van der Waals surface area contributed by atoms with E-state index in [4.69, 9.17) is 15.2 Å². The Bertz CT molecular complexity index is 366. The SMILES string of the molecule is CC[C@@H](C)Oc1ccc(CN)c(O[C@H](C)CC)c1. The Morgan fingerprint density at radius 2 is 1.67 bits per heavy atom. The van der Waals surface area contributed by atoms with Gasteiger partial charge in [-0.1, -0.05) is 19.9 Å². The Hall–Kier alpha value is -1.22. The van der Waals surface area contributed by atoms with Crippen LogP contribution in [0.1, 0.15) is 46.1 Å². The number of benzene rings is 1. The molecular formula is C15H25NO2. The molecule has 0 unspecified atom stereocenters. The first-order chi connectivity index (χ1) is 8.60. The predicted molar refractivity (Wildman–Crippen MR) is 75.1 cm³/mol. The zero-order valence-electron chi connectivity index (χ0n) is 11.9. The van der Waals surface area contributed by atoms with Gasteiger partial charge in [-0.05, 0) is 32.8 Å². The fourth-order valence-corrected chi connectivity index (χ4v) is 1.50. The van der Waals surface area contributed by atoms with E-state index in [9.17, 15) is 0 Å². The van der Waals surface area contributed by atoms with Crippen molar-refractivity contribution in [2.24, 2.45) is 5.73 Å². The fraction of sp³-hybridized carbons (Fsp3) is 0.600. The quantitative estimate of drug-likeness (QED) is 0.806. The summed E-state index contributed by atoms with van der Waals surface area (Å²) in [6, 6.07) is 5.88. The first-order valence-corrected chi connectivity index (χ1v) is 6.76. The van der Waals surface area contributed by atoms with Gasteiger partial charge in [0.05, 0.1) is 12.2 Å². The van der Waals surface area contributed by atoms with E-state index in [1.54, 1.807) is 0 Å². The van der Waals surface area contributed by atoms with Crippen LogP contribution >= 0.6 is 0 Å². The molecule has 0 fully saturated rings. The molecule has 0 aliphatic rings. The molecule has 0 saturated heterocycles. The van der Waals surface area contributed by atoms with Crippen molar-refractivity contribution in [3.63, 3.8) is 0 Å². The van der Waals surface area contributed by atoms with Crippen molar-refractivity contribution in [2.75, 3.05) is 0 Å². The third kappa shape index (κ3) is 4.22. The van der Waals surface area contributed by atoms with Gasteiger partial charge in [-0.3, -0.25) is 0 Å². The number of nitrogens with two attached hydrogens (primary N) is 1. The van der Waals surface area contributed by atoms with Crippen LogP contribution in [0.5, 0.6) is 11.5 Å². The summed E-state index contributed by atoms with van der Waals surface area (Å²) in [6.45, 7) is 8.81. The van der Waals surface area contributed by atoms with E-state index in [2.05, 4.69) is 27.7 Å². The van der Waals surface area contributed by atoms with Gasteiger partial charge >= 0.3 is 0 Å². The lowest BCUT2D eigenvalue weighted by molar-refractivity contribution is 0.204. The average Bonchev–Trinajstić information content (AvgIpc) is 2.38. The van der Waals surface area contributed by atoms with E-state index in [0.717, 1.165) is 29.9 Å². The van der Waals surface area contributed by atoms with Gasteiger partial charge in [0.25, 0.3) is 0 Å². The zero-order valence-corrected chi connectivity index (χ0v) is 11.9. The molecule has 0 spiro atoms. The molecule has 2 atom stereocenters. The minimum atomic E-state index is 0.189. The standard InChI is InChI=1S/C15H25NO2/c1-5-11(3)17-14-8-7-13(10-16)15(9-14)18-12(4)6-2/h7-9,11-12H,5-6,10,16H2,1-4H3/t11-,12-/m1/s1. The third-order valence-electron chi connectivity index (χ3n) is 3.07. The van der Waals surface area contributed by atoms with Crippen LogP contribution in [0.25, 0.3) is 0 Å². The Labute approximate surface area is 110 Å². The maximum absolute atomic E-state index is 5.88. The maximum Gasteiger partial charge on any atom is 0.127 e. The minimum Gasteiger partial charge on any atom is -0.491 e. The molecule has 0 aliphatic heterocycles. The second-order valence-electron chi connectivity index (χ2n) is 4.65. The fourth-order valence-electron chi connectivity index (χ4n) is 1.50. The van der Waals surface area contributed by atoms with Crippen molar-refractivity contribution < 1.29 is 9.47 Å². The lowest BCUT2D eigenvalue weighted by Crippen LogP contribution is -2.13. The normalized spacial score (nSPS) is 14.1. The van der Waals surface area contributed by atoms with Gasteiger partial charge in [-0.15, -0.1) is 0 Å². The molecule has 0 radical (unpaired) electrons. The van der Waals surface area contributed by atoms with Crippen LogP contribution in [-0.2, 0) is 6.54 Å². The highest BCUT2D eigenvalue weighted by molar-refractivity contribution is 5.40. The summed E-state index contributed by atoms with van der Waals surface area (Å²) >= 11 is 0. The number of rotatable bonds is 7. The van der Waals surface area contributed by atoms with Gasteiger partial charge in [-0.25, -0.2) is 0 Å². The monoisotopic (exact) mass is 251 g/mol. The van der Waals surface area contributed by atoms with E-state index in [1.165, 1.54) is 0 Å². The largest absolute Gasteiger partial charge is 0.491 e. The molecular weight excluding hydrogens is 226 g/mol. The van der Waals surface area contributed by atoms with Gasteiger partial charge in [0.2, 0.25) is 0 Å². The van der Waals surface area contributed by atoms with Crippen LogP contribution in [0.2, 0.25) is 0 Å². The highest BCUT2D eigenvalue weighted by Gasteiger charge is 2.09. The Morgan fingerprint density at radius 1 is 1.06 bits per heavy atom. The van der Waals surface area contributed by atoms with Crippen molar-refractivity contribution in [3.05, 3.63) is 23.8 Å². The van der Waals surface area contributed by atoms with Crippen molar-refractivity contribution in [1.29, 1.82) is 0 Å². The first kappa shape index (κ1) is 14.8. The second-order valence-corrected chi connectivity index (χ2v) is 4.65. The van der Waals surface area contributed by atoms with Gasteiger partial charge in [-0.2, -0.15) is 0 Å². The smallest absolute Gasteiger partial charge is 0.127 e. The summed E-state index contributed by atoms with van der Waals surface area (Å²) in [7, 11) is 0. The summed E-state index contributed by atoms with van der Waals surface area (Å²) in [5.74, 6) is 1.69. The molecule has 0 aliphatic carbocycles. The molecule has 1 aromatic carbocycles. The van der Waals surface area contributed by atoms with Gasteiger partial charge < -0.3 is 15.2 Å². The Morgan fingerprint density at radius 3 is 2.22 bits per heavy atom. The summed E-state index contributed by atoms with van der Waals surface area (Å²) in [5, 5.41) is 0. The van der Waals surface area contributed by atoms with E-state index >= 15 is 0 Å². The Kier molecular flexibility index (Phi) is 5.99. The lowest BCUT2D eigenvalue weighted by atomic mass is 10.2. The van der Waals surface area contributed by atoms with Gasteiger partial charge in [0.1, 0.15) is 11.5 Å². The molecule has 102 valence electrons. The maximum atomic E-state index is 5.88. The van der Waals surface area contributed by atoms with E-state index < -0.39 is 0 Å². The van der Waals surface area contributed by atoms with E-state index in [-0.39, 0.29) is 12.2 Å². The molecule has 18 heavy (non-hydrogen) atoms. The molecule has 1 rings (SSSR count). The molecule has 0 amide bonds. The predicted octanol–water partition coefficient (Wildman–Crippen LogP) is 3.50. The number of hydrogen-bond donors (Lipinski definition) is 1. The molecule has 3 heteroatoms. The summed E-state index contributed by atoms with van der Waals surface area (Å²) in [5.41, 5.74) is 6.74. The van der Waals surface area contributed by atoms with Crippen molar-refractivity contribution in [3.8, 4) is 11.5 Å². The molecule has 0 saturated carbocycles. The highest BCUT2D eigenvalue weighted by Crippen LogP contribution is 2.27. The Balaban J connectivity index is 2.87. The second kappa shape index (κ2) is 7.27. The third-order valence-corrected chi connectivity index (χ3v) is 3.07. The van der Waals surface area contributed by atoms with Crippen LogP contribution in [0.15, 0.2) is 18.2 Å². The van der Waals surface area contributed by atoms with Crippen molar-refractivity contribution in [1.82, 2.24) is 0 Å². The van der Waals surface area contributed by atoms with E-state index in [0.29, 0.717) is 6.54 Å². The number of ether oxygens (including phenoxy) is 2. The molecule has 0 aromatic heterocycles. The highest BCUT2D eigenvalue weighted by atomic mass is 16.5. The van der Waals surface area contributed by atoms with Crippen LogP contribution in [0, 0.1) is 0 Å². The van der Waals surface area contributed by atoms with Crippen LogP contribution < -0.4 is 15.2 Å². The topological polar surface area (TPSA) is 44.5 Å². The summed E-state index contributed by atoms with van der Waals surface area (Å²) in [4.78, 5) is 0. The summed E-state index contributed by atoms with van der Waals surface area (Å²) in [6.07, 6.45) is 2.36. The zero-order chi connectivity index (χ0) is 13.5. The lowest BCUT2D eigenvalue weighted by Gasteiger charge is -2.18. The summed E-state index contributed by atoms with van der Waals surface area (Å²) < 4.78 is 11.7. The molecule has 3 nitrogen and oxygen atoms in total. The van der Waals surface area contributed by atoms with Crippen molar-refractivity contribution >= 4 is 0 Å². The molecule has 0 bridgehead atoms. The molecule has 1 aromatic rings. The van der Waals surface area contributed by atoms with E-state index in [1.807, 2.05) is 18.2 Å². The molecule has 2 N–H and O–H groups in total. The van der Waals surface area contributed by atoms with Gasteiger partial charge in [0, 0.05) is 18.2 Å². The molecule has 0 heterocycles. The van der Waals surface area contributed by atoms with Crippen LogP contribution in [0.4, 0.5) is 0 Å². The minimum absolute atomic E-state index is 0.189. The number of hydrogen-bond acceptors (Lipinski definition) is 3. The van der Waals surface area contributed by atoms with Crippen LogP contribution in [-0.4, -0.2) is 12.2 Å². The average molecular weight is 251 g/mol.